The quantitative estimate of drug-likeness (QED) is 0.597. The Kier molecular flexibility index (Phi) is 5.84. The molecule has 1 aliphatic heterocycles. The Morgan fingerprint density at radius 3 is 2.90 bits per heavy atom. The number of carbonyl (C=O) groups is 1. The Morgan fingerprint density at radius 2 is 2.10 bits per heavy atom. The Bertz CT molecular complexity index is 1260. The van der Waals surface area contributed by atoms with Gasteiger partial charge in [-0.05, 0) is 31.0 Å². The van der Waals surface area contributed by atoms with E-state index in [-0.39, 0.29) is 22.9 Å². The molecular formula is C21H23N3O6S. The summed E-state index contributed by atoms with van der Waals surface area (Å²) in [7, 11) is -2.26. The normalized spacial score (nSPS) is 17.5. The molecule has 2 N–H and O–H groups in total. The van der Waals surface area contributed by atoms with Crippen molar-refractivity contribution in [3.63, 3.8) is 0 Å². The summed E-state index contributed by atoms with van der Waals surface area (Å²) in [5.74, 6) is -0.609. The minimum absolute atomic E-state index is 0.0258. The SMILES string of the molecule is COc1ccccc1CNC(=O)C1CCCN(S(=O)(=O)c2ccc3[nH]c(=O)oc3c2)C1. The van der Waals surface area contributed by atoms with Crippen LogP contribution in [0.15, 0.2) is 56.6 Å². The van der Waals surface area contributed by atoms with Crippen molar-refractivity contribution in [1.29, 1.82) is 0 Å². The summed E-state index contributed by atoms with van der Waals surface area (Å²) in [6.07, 6.45) is 1.18. The van der Waals surface area contributed by atoms with E-state index >= 15 is 0 Å². The number of nitrogens with one attached hydrogen (secondary N) is 2. The molecule has 3 aromatic rings. The second-order valence-electron chi connectivity index (χ2n) is 7.40. The van der Waals surface area contributed by atoms with Gasteiger partial charge in [0.25, 0.3) is 0 Å². The third-order valence-electron chi connectivity index (χ3n) is 5.43. The van der Waals surface area contributed by atoms with Gasteiger partial charge in [-0.3, -0.25) is 9.78 Å². The largest absolute Gasteiger partial charge is 0.496 e. The molecule has 0 aliphatic carbocycles. The van der Waals surface area contributed by atoms with Crippen LogP contribution in [0.3, 0.4) is 0 Å². The van der Waals surface area contributed by atoms with Gasteiger partial charge >= 0.3 is 5.76 Å². The zero-order valence-corrected chi connectivity index (χ0v) is 17.8. The van der Waals surface area contributed by atoms with Crippen LogP contribution >= 0.6 is 0 Å². The maximum Gasteiger partial charge on any atom is 0.417 e. The number of para-hydroxylation sites is 1. The van der Waals surface area contributed by atoms with E-state index in [0.29, 0.717) is 37.2 Å². The van der Waals surface area contributed by atoms with Crippen molar-refractivity contribution in [1.82, 2.24) is 14.6 Å². The molecule has 1 atom stereocenters. The standard InChI is InChI=1S/C21H23N3O6S/c1-29-18-7-3-2-5-14(18)12-22-20(25)15-6-4-10-24(13-15)31(27,28)16-8-9-17-19(11-16)30-21(26)23-17/h2-3,5,7-9,11,15H,4,6,10,12-13H2,1H3,(H,22,25)(H,23,26). The van der Waals surface area contributed by atoms with Gasteiger partial charge in [-0.25, -0.2) is 13.2 Å². The first kappa shape index (κ1) is 21.1. The maximum atomic E-state index is 13.1. The lowest BCUT2D eigenvalue weighted by Crippen LogP contribution is -2.45. The van der Waals surface area contributed by atoms with Crippen LogP contribution in [0.4, 0.5) is 0 Å². The fourth-order valence-corrected chi connectivity index (χ4v) is 5.33. The Morgan fingerprint density at radius 1 is 1.29 bits per heavy atom. The molecule has 4 rings (SSSR count). The van der Waals surface area contributed by atoms with Gasteiger partial charge in [0, 0.05) is 31.3 Å². The molecule has 1 amide bonds. The number of hydrogen-bond acceptors (Lipinski definition) is 6. The molecule has 1 aliphatic rings. The van der Waals surface area contributed by atoms with Crippen molar-refractivity contribution in [3.8, 4) is 5.75 Å². The molecule has 0 spiro atoms. The zero-order chi connectivity index (χ0) is 22.0. The van der Waals surface area contributed by atoms with Crippen molar-refractivity contribution in [2.24, 2.45) is 5.92 Å². The second-order valence-corrected chi connectivity index (χ2v) is 9.34. The zero-order valence-electron chi connectivity index (χ0n) is 17.0. The molecular weight excluding hydrogens is 422 g/mol. The summed E-state index contributed by atoms with van der Waals surface area (Å²) in [6.45, 7) is 0.720. The van der Waals surface area contributed by atoms with Gasteiger partial charge in [-0.1, -0.05) is 18.2 Å². The van der Waals surface area contributed by atoms with Crippen LogP contribution in [-0.4, -0.2) is 43.8 Å². The third kappa shape index (κ3) is 4.35. The molecule has 2 heterocycles. The monoisotopic (exact) mass is 445 g/mol. The average Bonchev–Trinajstić information content (AvgIpc) is 3.17. The molecule has 0 radical (unpaired) electrons. The molecule has 1 fully saturated rings. The minimum Gasteiger partial charge on any atom is -0.496 e. The van der Waals surface area contributed by atoms with E-state index in [9.17, 15) is 18.0 Å². The Hall–Kier alpha value is -3.11. The van der Waals surface area contributed by atoms with Crippen LogP contribution in [0.2, 0.25) is 0 Å². The van der Waals surface area contributed by atoms with E-state index in [1.807, 2.05) is 24.3 Å². The lowest BCUT2D eigenvalue weighted by molar-refractivity contribution is -0.126. The number of sulfonamides is 1. The summed E-state index contributed by atoms with van der Waals surface area (Å²) in [6, 6.07) is 11.6. The van der Waals surface area contributed by atoms with Gasteiger partial charge in [0.05, 0.1) is 23.4 Å². The molecule has 10 heteroatoms. The number of hydrogen-bond donors (Lipinski definition) is 2. The number of methoxy groups -OCH3 is 1. The number of carbonyl (C=O) groups excluding carboxylic acids is 1. The molecule has 0 bridgehead atoms. The number of amides is 1. The Balaban J connectivity index is 1.46. The molecule has 31 heavy (non-hydrogen) atoms. The Labute approximate surface area is 179 Å². The van der Waals surface area contributed by atoms with E-state index in [1.165, 1.54) is 22.5 Å². The first-order valence-corrected chi connectivity index (χ1v) is 11.3. The first-order chi connectivity index (χ1) is 14.9. The van der Waals surface area contributed by atoms with Crippen LogP contribution in [0.25, 0.3) is 11.1 Å². The van der Waals surface area contributed by atoms with Crippen LogP contribution in [0.1, 0.15) is 18.4 Å². The predicted molar refractivity (Wildman–Crippen MR) is 113 cm³/mol. The number of H-pyrrole nitrogens is 1. The number of fused-ring (bicyclic) bond motifs is 1. The topological polar surface area (TPSA) is 122 Å². The number of benzene rings is 2. The summed E-state index contributed by atoms with van der Waals surface area (Å²) >= 11 is 0. The number of aromatic nitrogens is 1. The lowest BCUT2D eigenvalue weighted by atomic mass is 9.98. The van der Waals surface area contributed by atoms with Crippen LogP contribution in [-0.2, 0) is 21.4 Å². The van der Waals surface area contributed by atoms with E-state index in [1.54, 1.807) is 7.11 Å². The first-order valence-electron chi connectivity index (χ1n) is 9.91. The number of aromatic amines is 1. The maximum absolute atomic E-state index is 13.1. The lowest BCUT2D eigenvalue weighted by Gasteiger charge is -2.31. The van der Waals surface area contributed by atoms with Gasteiger partial charge in [0.2, 0.25) is 15.9 Å². The van der Waals surface area contributed by atoms with E-state index in [2.05, 4.69) is 10.3 Å². The fraction of sp³-hybridized carbons (Fsp3) is 0.333. The predicted octanol–water partition coefficient (Wildman–Crippen LogP) is 1.85. The van der Waals surface area contributed by atoms with Gasteiger partial charge in [-0.2, -0.15) is 4.31 Å². The molecule has 164 valence electrons. The summed E-state index contributed by atoms with van der Waals surface area (Å²) in [5.41, 5.74) is 1.45. The number of nitrogens with zero attached hydrogens (tertiary/aromatic N) is 1. The van der Waals surface area contributed by atoms with Gasteiger partial charge in [0.1, 0.15) is 5.75 Å². The van der Waals surface area contributed by atoms with Crippen molar-refractivity contribution in [2.45, 2.75) is 24.3 Å². The van der Waals surface area contributed by atoms with Crippen molar-refractivity contribution < 1.29 is 22.4 Å². The smallest absolute Gasteiger partial charge is 0.417 e. The minimum atomic E-state index is -3.83. The highest BCUT2D eigenvalue weighted by molar-refractivity contribution is 7.89. The van der Waals surface area contributed by atoms with E-state index < -0.39 is 21.7 Å². The number of piperidine rings is 1. The second kappa shape index (κ2) is 8.56. The molecule has 0 saturated carbocycles. The molecule has 1 saturated heterocycles. The molecule has 1 unspecified atom stereocenters. The number of rotatable bonds is 6. The van der Waals surface area contributed by atoms with Gasteiger partial charge in [0.15, 0.2) is 5.58 Å². The van der Waals surface area contributed by atoms with Gasteiger partial charge in [-0.15, -0.1) is 0 Å². The highest BCUT2D eigenvalue weighted by Gasteiger charge is 2.33. The third-order valence-corrected chi connectivity index (χ3v) is 7.29. The van der Waals surface area contributed by atoms with Crippen molar-refractivity contribution in [2.75, 3.05) is 20.2 Å². The van der Waals surface area contributed by atoms with E-state index in [4.69, 9.17) is 9.15 Å². The highest BCUT2D eigenvalue weighted by Crippen LogP contribution is 2.26. The average molecular weight is 445 g/mol. The van der Waals surface area contributed by atoms with Crippen LogP contribution in [0.5, 0.6) is 5.75 Å². The fourth-order valence-electron chi connectivity index (χ4n) is 3.79. The van der Waals surface area contributed by atoms with Crippen LogP contribution in [0, 0.1) is 5.92 Å². The van der Waals surface area contributed by atoms with Crippen molar-refractivity contribution >= 4 is 27.0 Å². The number of oxazole rings is 1. The summed E-state index contributed by atoms with van der Waals surface area (Å²) in [4.78, 5) is 26.6. The van der Waals surface area contributed by atoms with Crippen LogP contribution < -0.4 is 15.8 Å². The molecule has 9 nitrogen and oxygen atoms in total. The van der Waals surface area contributed by atoms with Crippen molar-refractivity contribution in [3.05, 3.63) is 58.6 Å². The summed E-state index contributed by atoms with van der Waals surface area (Å²) in [5, 5.41) is 2.89. The highest BCUT2D eigenvalue weighted by atomic mass is 32.2. The van der Waals surface area contributed by atoms with Gasteiger partial charge < -0.3 is 14.5 Å². The van der Waals surface area contributed by atoms with E-state index in [0.717, 1.165) is 5.56 Å². The number of ether oxygens (including phenoxy) is 1. The molecule has 1 aromatic heterocycles. The molecule has 2 aromatic carbocycles. The summed E-state index contributed by atoms with van der Waals surface area (Å²) < 4.78 is 37.8.